The smallest absolute Gasteiger partial charge is 0.336 e. The Kier molecular flexibility index (Phi) is 5.16. The van der Waals surface area contributed by atoms with Gasteiger partial charge in [-0.2, -0.15) is 0 Å². The third kappa shape index (κ3) is 3.72. The highest BCUT2D eigenvalue weighted by Crippen LogP contribution is 2.33. The minimum absolute atomic E-state index is 0.270. The lowest BCUT2D eigenvalue weighted by Gasteiger charge is -2.30. The van der Waals surface area contributed by atoms with E-state index in [0.29, 0.717) is 25.3 Å². The Bertz CT molecular complexity index is 905. The fraction of sp³-hybridized carbons (Fsp3) is 0.524. The number of benzene rings is 1. The first kappa shape index (κ1) is 18.0. The molecule has 0 saturated carbocycles. The lowest BCUT2D eigenvalue weighted by molar-refractivity contribution is -0.127. The summed E-state index contributed by atoms with van der Waals surface area (Å²) in [5, 5.41) is 1.00. The number of carbonyl (C=O) groups is 1. The second kappa shape index (κ2) is 7.72. The monoisotopic (exact) mass is 370 g/mol. The molecule has 2 aliphatic rings. The number of aryl methyl sites for hydroxylation is 1. The molecule has 6 heteroatoms. The second-order valence-corrected chi connectivity index (χ2v) is 7.42. The van der Waals surface area contributed by atoms with E-state index < -0.39 is 0 Å². The van der Waals surface area contributed by atoms with Crippen LogP contribution in [0.1, 0.15) is 43.7 Å². The lowest BCUT2D eigenvalue weighted by Crippen LogP contribution is -2.35. The fourth-order valence-electron chi connectivity index (χ4n) is 4.09. The summed E-state index contributed by atoms with van der Waals surface area (Å²) in [6.45, 7) is 5.85. The quantitative estimate of drug-likeness (QED) is 0.732. The third-order valence-electron chi connectivity index (χ3n) is 5.44. The average molecular weight is 370 g/mol. The number of hydrogen-bond acceptors (Lipinski definition) is 5. The maximum atomic E-state index is 12.0. The molecule has 0 bridgehead atoms. The normalized spacial score (nSPS) is 17.4. The van der Waals surface area contributed by atoms with Crippen molar-refractivity contribution in [3.05, 3.63) is 39.7 Å². The van der Waals surface area contributed by atoms with Crippen molar-refractivity contribution in [1.82, 2.24) is 9.80 Å². The average Bonchev–Trinajstić information content (AvgIpc) is 3.07. The van der Waals surface area contributed by atoms with E-state index >= 15 is 0 Å². The van der Waals surface area contributed by atoms with Crippen molar-refractivity contribution >= 4 is 16.9 Å². The van der Waals surface area contributed by atoms with Gasteiger partial charge in [0.1, 0.15) is 18.1 Å². The van der Waals surface area contributed by atoms with Crippen LogP contribution in [0, 0.1) is 0 Å². The number of fused-ring (bicyclic) bond motifs is 3. The minimum atomic E-state index is -0.302. The van der Waals surface area contributed by atoms with Gasteiger partial charge in [0.25, 0.3) is 0 Å². The Labute approximate surface area is 158 Å². The number of likely N-dealkylation sites (tertiary alicyclic amines) is 1. The minimum Gasteiger partial charge on any atom is -0.478 e. The van der Waals surface area contributed by atoms with E-state index in [1.54, 1.807) is 6.07 Å². The molecule has 3 heterocycles. The number of amides is 1. The molecule has 1 saturated heterocycles. The van der Waals surface area contributed by atoms with Gasteiger partial charge in [-0.3, -0.25) is 9.69 Å². The Morgan fingerprint density at radius 2 is 2.07 bits per heavy atom. The summed E-state index contributed by atoms with van der Waals surface area (Å²) < 4.78 is 11.5. The predicted octanol–water partition coefficient (Wildman–Crippen LogP) is 2.91. The molecule has 2 aliphatic heterocycles. The third-order valence-corrected chi connectivity index (χ3v) is 5.44. The highest BCUT2D eigenvalue weighted by molar-refractivity contribution is 5.85. The van der Waals surface area contributed by atoms with Gasteiger partial charge in [0.05, 0.1) is 5.56 Å². The van der Waals surface area contributed by atoms with Crippen LogP contribution in [0.2, 0.25) is 0 Å². The molecule has 1 aromatic heterocycles. The van der Waals surface area contributed by atoms with Crippen LogP contribution < -0.4 is 10.4 Å². The number of hydrogen-bond donors (Lipinski definition) is 0. The van der Waals surface area contributed by atoms with Crippen LogP contribution in [0.5, 0.6) is 5.75 Å². The van der Waals surface area contributed by atoms with Crippen molar-refractivity contribution < 1.29 is 13.9 Å². The number of rotatable bonds is 6. The van der Waals surface area contributed by atoms with Gasteiger partial charge in [0, 0.05) is 44.1 Å². The van der Waals surface area contributed by atoms with Crippen molar-refractivity contribution in [2.24, 2.45) is 0 Å². The van der Waals surface area contributed by atoms with Crippen LogP contribution in [-0.2, 0) is 17.8 Å². The topological polar surface area (TPSA) is 63.0 Å². The van der Waals surface area contributed by atoms with Crippen molar-refractivity contribution in [2.75, 3.05) is 26.4 Å². The van der Waals surface area contributed by atoms with Crippen LogP contribution in [0.25, 0.3) is 11.0 Å². The summed E-state index contributed by atoms with van der Waals surface area (Å²) in [5.41, 5.74) is 2.34. The van der Waals surface area contributed by atoms with E-state index in [9.17, 15) is 9.59 Å². The molecule has 0 unspecified atom stereocenters. The zero-order valence-corrected chi connectivity index (χ0v) is 15.8. The summed E-state index contributed by atoms with van der Waals surface area (Å²) in [6.07, 6.45) is 4.42. The van der Waals surface area contributed by atoms with Crippen LogP contribution in [0.3, 0.4) is 0 Å². The zero-order valence-electron chi connectivity index (χ0n) is 15.8. The summed E-state index contributed by atoms with van der Waals surface area (Å²) in [4.78, 5) is 27.9. The second-order valence-electron chi connectivity index (χ2n) is 7.42. The molecule has 1 fully saturated rings. The molecular formula is C21H26N2O4. The van der Waals surface area contributed by atoms with E-state index in [4.69, 9.17) is 9.15 Å². The molecule has 144 valence electrons. The maximum Gasteiger partial charge on any atom is 0.336 e. The van der Waals surface area contributed by atoms with Gasteiger partial charge in [-0.05, 0) is 37.0 Å². The maximum absolute atomic E-state index is 12.0. The van der Waals surface area contributed by atoms with Gasteiger partial charge in [-0.1, -0.05) is 13.3 Å². The van der Waals surface area contributed by atoms with Crippen molar-refractivity contribution in [2.45, 2.75) is 45.6 Å². The van der Waals surface area contributed by atoms with Gasteiger partial charge in [0.15, 0.2) is 0 Å². The molecule has 4 rings (SSSR count). The Morgan fingerprint density at radius 3 is 2.85 bits per heavy atom. The van der Waals surface area contributed by atoms with Crippen LogP contribution >= 0.6 is 0 Å². The van der Waals surface area contributed by atoms with Crippen molar-refractivity contribution in [3.63, 3.8) is 0 Å². The summed E-state index contributed by atoms with van der Waals surface area (Å²) in [7, 11) is 0. The van der Waals surface area contributed by atoms with E-state index in [-0.39, 0.29) is 11.5 Å². The van der Waals surface area contributed by atoms with Gasteiger partial charge >= 0.3 is 5.63 Å². The number of ether oxygens (including phenoxy) is 1. The van der Waals surface area contributed by atoms with Gasteiger partial charge < -0.3 is 14.1 Å². The first-order valence-electron chi connectivity index (χ1n) is 9.87. The van der Waals surface area contributed by atoms with Crippen molar-refractivity contribution in [1.29, 1.82) is 0 Å². The summed E-state index contributed by atoms with van der Waals surface area (Å²) in [5.74, 6) is 1.07. The van der Waals surface area contributed by atoms with Gasteiger partial charge in [0.2, 0.25) is 5.91 Å². The Balaban J connectivity index is 1.51. The molecule has 0 atom stereocenters. The van der Waals surface area contributed by atoms with Crippen molar-refractivity contribution in [3.8, 4) is 5.75 Å². The largest absolute Gasteiger partial charge is 0.478 e. The molecule has 2 aromatic rings. The lowest BCUT2D eigenvalue weighted by atomic mass is 10.0. The molecule has 0 radical (unpaired) electrons. The molecule has 1 aromatic carbocycles. The zero-order chi connectivity index (χ0) is 18.8. The van der Waals surface area contributed by atoms with Crippen LogP contribution in [0.15, 0.2) is 27.4 Å². The first-order chi connectivity index (χ1) is 13.2. The first-order valence-corrected chi connectivity index (χ1v) is 9.87. The summed E-state index contributed by atoms with van der Waals surface area (Å²) >= 11 is 0. The SMILES string of the molecule is CCCc1cc(=O)oc2c3c(ccc12)OCN(CCCN1CCCC1=O)C3. The highest BCUT2D eigenvalue weighted by atomic mass is 16.5. The van der Waals surface area contributed by atoms with Gasteiger partial charge in [-0.25, -0.2) is 4.79 Å². The standard InChI is InChI=1S/C21H26N2O4/c1-2-5-15-12-20(25)27-21-16(15)7-8-18-17(21)13-22(14-26-18)9-4-11-23-10-3-6-19(23)24/h7-8,12H,2-6,9-11,13-14H2,1H3. The fourth-order valence-corrected chi connectivity index (χ4v) is 4.09. The van der Waals surface area contributed by atoms with Crippen LogP contribution in [0.4, 0.5) is 0 Å². The Morgan fingerprint density at radius 1 is 1.19 bits per heavy atom. The van der Waals surface area contributed by atoms with Gasteiger partial charge in [-0.15, -0.1) is 0 Å². The van der Waals surface area contributed by atoms with E-state index in [2.05, 4.69) is 11.8 Å². The summed E-state index contributed by atoms with van der Waals surface area (Å²) in [6, 6.07) is 5.58. The molecule has 0 N–H and O–H groups in total. The molecule has 27 heavy (non-hydrogen) atoms. The molecule has 1 amide bonds. The number of carbonyl (C=O) groups excluding carboxylic acids is 1. The van der Waals surface area contributed by atoms with Crippen LogP contribution in [-0.4, -0.2) is 42.1 Å². The van der Waals surface area contributed by atoms with E-state index in [1.807, 2.05) is 17.0 Å². The van der Waals surface area contributed by atoms with E-state index in [0.717, 1.165) is 67.6 Å². The molecule has 0 aliphatic carbocycles. The van der Waals surface area contributed by atoms with E-state index in [1.165, 1.54) is 0 Å². The predicted molar refractivity (Wildman–Crippen MR) is 103 cm³/mol. The Hall–Kier alpha value is -2.34. The molecule has 0 spiro atoms. The number of nitrogens with zero attached hydrogens (tertiary/aromatic N) is 2. The molecular weight excluding hydrogens is 344 g/mol. The molecule has 6 nitrogen and oxygen atoms in total. The highest BCUT2D eigenvalue weighted by Gasteiger charge is 2.23.